The Balaban J connectivity index is 1.98. The van der Waals surface area contributed by atoms with Crippen molar-refractivity contribution in [3.05, 3.63) is 12.2 Å². The van der Waals surface area contributed by atoms with E-state index < -0.39 is 0 Å². The van der Waals surface area contributed by atoms with E-state index in [0.717, 1.165) is 24.1 Å². The average molecular weight is 236 g/mol. The molecule has 1 aliphatic carbocycles. The second-order valence-electron chi connectivity index (χ2n) is 5.43. The van der Waals surface area contributed by atoms with Crippen LogP contribution in [-0.4, -0.2) is 27.9 Å². The van der Waals surface area contributed by atoms with Crippen molar-refractivity contribution >= 4 is 0 Å². The third-order valence-electron chi connectivity index (χ3n) is 4.12. The van der Waals surface area contributed by atoms with Crippen LogP contribution in [0.4, 0.5) is 0 Å². The van der Waals surface area contributed by atoms with Crippen LogP contribution in [0.1, 0.15) is 38.4 Å². The van der Waals surface area contributed by atoms with Crippen LogP contribution >= 0.6 is 0 Å². The predicted molar refractivity (Wildman–Crippen MR) is 68.7 cm³/mol. The molecule has 96 valence electrons. The second-order valence-corrected chi connectivity index (χ2v) is 5.43. The van der Waals surface area contributed by atoms with E-state index in [2.05, 4.69) is 29.4 Å². The molecule has 1 aromatic rings. The van der Waals surface area contributed by atoms with Gasteiger partial charge < -0.3 is 5.32 Å². The fourth-order valence-corrected chi connectivity index (χ4v) is 3.05. The van der Waals surface area contributed by atoms with Crippen LogP contribution in [0.15, 0.2) is 6.33 Å². The first kappa shape index (κ1) is 12.6. The number of hydrogen-bond donors (Lipinski definition) is 1. The Morgan fingerprint density at radius 2 is 2.35 bits per heavy atom. The molecule has 1 fully saturated rings. The van der Waals surface area contributed by atoms with Gasteiger partial charge in [0.05, 0.1) is 0 Å². The molecule has 1 heterocycles. The SMILES string of the molecule is CNC(Cc1ncnn1C)C1CCCC(C)C1. The molecule has 1 aliphatic rings. The molecule has 4 heteroatoms. The molecular formula is C13H24N4. The Labute approximate surface area is 104 Å². The Bertz CT molecular complexity index is 347. The number of nitrogens with zero attached hydrogens (tertiary/aromatic N) is 3. The van der Waals surface area contributed by atoms with Crippen molar-refractivity contribution in [1.82, 2.24) is 20.1 Å². The highest BCUT2D eigenvalue weighted by atomic mass is 15.3. The fraction of sp³-hybridized carbons (Fsp3) is 0.846. The summed E-state index contributed by atoms with van der Waals surface area (Å²) < 4.78 is 1.89. The maximum atomic E-state index is 4.33. The summed E-state index contributed by atoms with van der Waals surface area (Å²) in [6, 6.07) is 0.542. The summed E-state index contributed by atoms with van der Waals surface area (Å²) in [6.07, 6.45) is 8.12. The average Bonchev–Trinajstić information content (AvgIpc) is 2.71. The first-order chi connectivity index (χ1) is 8.20. The first-order valence-electron chi connectivity index (χ1n) is 6.70. The van der Waals surface area contributed by atoms with Crippen LogP contribution in [0.25, 0.3) is 0 Å². The Hall–Kier alpha value is -0.900. The van der Waals surface area contributed by atoms with Crippen molar-refractivity contribution in [1.29, 1.82) is 0 Å². The number of hydrogen-bond acceptors (Lipinski definition) is 3. The molecule has 2 rings (SSSR count). The highest BCUT2D eigenvalue weighted by Gasteiger charge is 2.26. The van der Waals surface area contributed by atoms with Crippen LogP contribution in [-0.2, 0) is 13.5 Å². The molecule has 0 amide bonds. The highest BCUT2D eigenvalue weighted by molar-refractivity contribution is 4.92. The summed E-state index contributed by atoms with van der Waals surface area (Å²) >= 11 is 0. The number of rotatable bonds is 4. The summed E-state index contributed by atoms with van der Waals surface area (Å²) in [5, 5.41) is 7.62. The van der Waals surface area contributed by atoms with Crippen LogP contribution < -0.4 is 5.32 Å². The molecule has 0 saturated heterocycles. The van der Waals surface area contributed by atoms with Gasteiger partial charge in [-0.05, 0) is 31.7 Å². The molecule has 0 bridgehead atoms. The summed E-state index contributed by atoms with van der Waals surface area (Å²) in [7, 11) is 4.04. The quantitative estimate of drug-likeness (QED) is 0.866. The minimum Gasteiger partial charge on any atom is -0.316 e. The second kappa shape index (κ2) is 5.63. The van der Waals surface area contributed by atoms with Crippen molar-refractivity contribution in [3.63, 3.8) is 0 Å². The Kier molecular flexibility index (Phi) is 4.15. The van der Waals surface area contributed by atoms with Gasteiger partial charge in [-0.15, -0.1) is 0 Å². The number of aryl methyl sites for hydroxylation is 1. The minimum absolute atomic E-state index is 0.542. The number of aromatic nitrogens is 3. The van der Waals surface area contributed by atoms with Gasteiger partial charge in [0, 0.05) is 19.5 Å². The van der Waals surface area contributed by atoms with E-state index in [9.17, 15) is 0 Å². The zero-order chi connectivity index (χ0) is 12.3. The smallest absolute Gasteiger partial charge is 0.138 e. The largest absolute Gasteiger partial charge is 0.316 e. The summed E-state index contributed by atoms with van der Waals surface area (Å²) in [4.78, 5) is 4.33. The molecule has 0 spiro atoms. The third kappa shape index (κ3) is 3.06. The maximum Gasteiger partial charge on any atom is 0.138 e. The van der Waals surface area contributed by atoms with Crippen LogP contribution in [0.2, 0.25) is 0 Å². The lowest BCUT2D eigenvalue weighted by molar-refractivity contribution is 0.225. The molecule has 3 unspecified atom stereocenters. The van der Waals surface area contributed by atoms with E-state index in [-0.39, 0.29) is 0 Å². The molecule has 1 saturated carbocycles. The Morgan fingerprint density at radius 3 is 2.94 bits per heavy atom. The van der Waals surface area contributed by atoms with E-state index in [0.29, 0.717) is 6.04 Å². The lowest BCUT2D eigenvalue weighted by atomic mass is 9.77. The van der Waals surface area contributed by atoms with Crippen molar-refractivity contribution in [3.8, 4) is 0 Å². The Morgan fingerprint density at radius 1 is 1.53 bits per heavy atom. The van der Waals surface area contributed by atoms with Gasteiger partial charge in [-0.3, -0.25) is 4.68 Å². The predicted octanol–water partition coefficient (Wildman–Crippen LogP) is 1.77. The van der Waals surface area contributed by atoms with Crippen LogP contribution in [0.5, 0.6) is 0 Å². The molecule has 1 aromatic heterocycles. The zero-order valence-electron chi connectivity index (χ0n) is 11.2. The summed E-state index contributed by atoms with van der Waals surface area (Å²) in [6.45, 7) is 2.38. The van der Waals surface area contributed by atoms with Crippen LogP contribution in [0.3, 0.4) is 0 Å². The highest BCUT2D eigenvalue weighted by Crippen LogP contribution is 2.31. The standard InChI is InChI=1S/C13H24N4/c1-10-5-4-6-11(7-10)12(14-2)8-13-15-9-16-17(13)3/h9-12,14H,4-8H2,1-3H3. The summed E-state index contributed by atoms with van der Waals surface area (Å²) in [5.74, 6) is 2.76. The van der Waals surface area contributed by atoms with E-state index in [1.165, 1.54) is 25.7 Å². The van der Waals surface area contributed by atoms with Crippen molar-refractivity contribution in [2.45, 2.75) is 45.1 Å². The van der Waals surface area contributed by atoms with E-state index in [1.54, 1.807) is 6.33 Å². The topological polar surface area (TPSA) is 42.7 Å². The lowest BCUT2D eigenvalue weighted by Gasteiger charge is -2.33. The van der Waals surface area contributed by atoms with Gasteiger partial charge in [0.25, 0.3) is 0 Å². The first-order valence-corrected chi connectivity index (χ1v) is 6.70. The lowest BCUT2D eigenvalue weighted by Crippen LogP contribution is -2.38. The molecular weight excluding hydrogens is 212 g/mol. The summed E-state index contributed by atoms with van der Waals surface area (Å²) in [5.41, 5.74) is 0. The van der Waals surface area contributed by atoms with E-state index in [1.807, 2.05) is 11.7 Å². The van der Waals surface area contributed by atoms with E-state index >= 15 is 0 Å². The maximum absolute atomic E-state index is 4.33. The van der Waals surface area contributed by atoms with Gasteiger partial charge >= 0.3 is 0 Å². The molecule has 3 atom stereocenters. The fourth-order valence-electron chi connectivity index (χ4n) is 3.05. The van der Waals surface area contributed by atoms with Gasteiger partial charge in [-0.1, -0.05) is 19.8 Å². The molecule has 0 radical (unpaired) electrons. The van der Waals surface area contributed by atoms with Gasteiger partial charge in [0.15, 0.2) is 0 Å². The van der Waals surface area contributed by atoms with Crippen molar-refractivity contribution in [2.24, 2.45) is 18.9 Å². The third-order valence-corrected chi connectivity index (χ3v) is 4.12. The van der Waals surface area contributed by atoms with Gasteiger partial charge in [0.1, 0.15) is 12.2 Å². The van der Waals surface area contributed by atoms with Crippen molar-refractivity contribution < 1.29 is 0 Å². The molecule has 1 N–H and O–H groups in total. The van der Waals surface area contributed by atoms with Gasteiger partial charge in [0.2, 0.25) is 0 Å². The van der Waals surface area contributed by atoms with Crippen LogP contribution in [0, 0.1) is 11.8 Å². The van der Waals surface area contributed by atoms with E-state index in [4.69, 9.17) is 0 Å². The van der Waals surface area contributed by atoms with Crippen molar-refractivity contribution in [2.75, 3.05) is 7.05 Å². The van der Waals surface area contributed by atoms with Gasteiger partial charge in [-0.2, -0.15) is 5.10 Å². The number of likely N-dealkylation sites (N-methyl/N-ethyl adjacent to an activating group) is 1. The molecule has 0 aliphatic heterocycles. The van der Waals surface area contributed by atoms with Gasteiger partial charge in [-0.25, -0.2) is 4.98 Å². The molecule has 0 aromatic carbocycles. The molecule has 17 heavy (non-hydrogen) atoms. The zero-order valence-corrected chi connectivity index (χ0v) is 11.2. The number of nitrogens with one attached hydrogen (secondary N) is 1. The minimum atomic E-state index is 0.542. The molecule has 4 nitrogen and oxygen atoms in total. The normalized spacial score (nSPS) is 27.0. The monoisotopic (exact) mass is 236 g/mol.